The largest absolute Gasteiger partial charge is 0.739 e. The summed E-state index contributed by atoms with van der Waals surface area (Å²) in [6.45, 7) is 0. The van der Waals surface area contributed by atoms with E-state index < -0.39 is 0 Å². The Bertz CT molecular complexity index is 629. The molecular formula is C12H13ClN4O2. The van der Waals surface area contributed by atoms with Crippen molar-refractivity contribution in [2.75, 3.05) is 5.32 Å². The van der Waals surface area contributed by atoms with Gasteiger partial charge < -0.3 is 10.4 Å². The number of anilines is 1. The highest BCUT2D eigenvalue weighted by Gasteiger charge is 2.25. The molecule has 2 aromatic rings. The number of nitrogens with one attached hydrogen (secondary N) is 1. The Kier molecular flexibility index (Phi) is 3.02. The van der Waals surface area contributed by atoms with Crippen LogP contribution < -0.4 is 14.9 Å². The van der Waals surface area contributed by atoms with Crippen LogP contribution >= 0.6 is 11.6 Å². The summed E-state index contributed by atoms with van der Waals surface area (Å²) in [7, 11) is 0. The molecule has 1 aromatic carbocycles. The second-order valence-corrected chi connectivity index (χ2v) is 5.19. The van der Waals surface area contributed by atoms with Crippen molar-refractivity contribution in [2.24, 2.45) is 0 Å². The van der Waals surface area contributed by atoms with E-state index in [9.17, 15) is 10.4 Å². The van der Waals surface area contributed by atoms with Crippen molar-refractivity contribution in [3.63, 3.8) is 0 Å². The third-order valence-corrected chi connectivity index (χ3v) is 3.66. The Balaban J connectivity index is 2.05. The van der Waals surface area contributed by atoms with Gasteiger partial charge in [0.05, 0.1) is 6.04 Å². The summed E-state index contributed by atoms with van der Waals surface area (Å²) >= 11 is 5.81. The van der Waals surface area contributed by atoms with Gasteiger partial charge in [-0.05, 0) is 37.8 Å². The van der Waals surface area contributed by atoms with E-state index in [1.165, 1.54) is 12.1 Å². The standard InChI is InChI=1S/C12H13ClN4O2/c13-8-5-6-10-11(7-8)17(19)15-12(16(10)18)14-9-3-1-2-4-9/h5-7,9H,1-4H2,(H,14,15). The predicted octanol–water partition coefficient (Wildman–Crippen LogP) is 1.51. The zero-order chi connectivity index (χ0) is 13.4. The third kappa shape index (κ3) is 2.23. The second-order valence-electron chi connectivity index (χ2n) is 4.75. The van der Waals surface area contributed by atoms with E-state index in [0.717, 1.165) is 25.7 Å². The first-order valence-electron chi connectivity index (χ1n) is 6.24. The molecule has 7 heteroatoms. The van der Waals surface area contributed by atoms with E-state index >= 15 is 0 Å². The van der Waals surface area contributed by atoms with Gasteiger partial charge in [0, 0.05) is 15.9 Å². The molecule has 0 saturated heterocycles. The van der Waals surface area contributed by atoms with Crippen LogP contribution in [0.4, 0.5) is 5.95 Å². The number of nitrogens with zero attached hydrogens (tertiary/aromatic N) is 3. The maximum Gasteiger partial charge on any atom is 0.461 e. The van der Waals surface area contributed by atoms with E-state index in [0.29, 0.717) is 14.6 Å². The molecule has 3 rings (SSSR count). The van der Waals surface area contributed by atoms with Gasteiger partial charge in [0.25, 0.3) is 0 Å². The van der Waals surface area contributed by atoms with Gasteiger partial charge in [0.2, 0.25) is 5.10 Å². The molecule has 100 valence electrons. The first-order valence-corrected chi connectivity index (χ1v) is 6.62. The number of rotatable bonds is 2. The van der Waals surface area contributed by atoms with Crippen LogP contribution in [0.5, 0.6) is 0 Å². The molecule has 19 heavy (non-hydrogen) atoms. The van der Waals surface area contributed by atoms with Gasteiger partial charge in [0.1, 0.15) is 0 Å². The average molecular weight is 281 g/mol. The van der Waals surface area contributed by atoms with E-state index in [1.54, 1.807) is 6.07 Å². The van der Waals surface area contributed by atoms with Gasteiger partial charge in [-0.1, -0.05) is 11.6 Å². The summed E-state index contributed by atoms with van der Waals surface area (Å²) < 4.78 is 0.651. The minimum atomic E-state index is 0.0525. The normalized spacial score (nSPS) is 16.1. The molecule has 0 bridgehead atoms. The fourth-order valence-electron chi connectivity index (χ4n) is 2.46. The molecule has 1 aliphatic carbocycles. The number of hydrogen-bond acceptors (Lipinski definition) is 4. The van der Waals surface area contributed by atoms with Crippen LogP contribution in [0.3, 0.4) is 0 Å². The topological polar surface area (TPSA) is 78.8 Å². The van der Waals surface area contributed by atoms with Crippen molar-refractivity contribution in [3.05, 3.63) is 33.6 Å². The zero-order valence-electron chi connectivity index (χ0n) is 10.2. The van der Waals surface area contributed by atoms with Crippen LogP contribution in [-0.4, -0.2) is 11.1 Å². The Morgan fingerprint density at radius 2 is 1.95 bits per heavy atom. The molecule has 1 aliphatic rings. The Morgan fingerprint density at radius 1 is 1.21 bits per heavy atom. The zero-order valence-corrected chi connectivity index (χ0v) is 10.9. The quantitative estimate of drug-likeness (QED) is 0.668. The van der Waals surface area contributed by atoms with Gasteiger partial charge in [-0.25, -0.2) is 4.73 Å². The summed E-state index contributed by atoms with van der Waals surface area (Å²) in [5, 5.41) is 31.2. The minimum Gasteiger partial charge on any atom is -0.739 e. The molecule has 0 aliphatic heterocycles. The van der Waals surface area contributed by atoms with Gasteiger partial charge >= 0.3 is 11.5 Å². The molecule has 1 N–H and O–H groups in total. The number of benzene rings is 1. The molecule has 0 unspecified atom stereocenters. The van der Waals surface area contributed by atoms with Gasteiger partial charge in [0.15, 0.2) is 5.52 Å². The molecule has 1 saturated carbocycles. The van der Waals surface area contributed by atoms with Crippen LogP contribution in [0.25, 0.3) is 11.0 Å². The summed E-state index contributed by atoms with van der Waals surface area (Å²) in [6.07, 6.45) is 4.27. The highest BCUT2D eigenvalue weighted by Crippen LogP contribution is 2.20. The van der Waals surface area contributed by atoms with Gasteiger partial charge in [-0.3, -0.25) is 5.32 Å². The Labute approximate surface area is 114 Å². The number of hydrogen-bond donors (Lipinski definition) is 1. The monoisotopic (exact) mass is 280 g/mol. The summed E-state index contributed by atoms with van der Waals surface area (Å²) in [4.78, 5) is 0.437. The smallest absolute Gasteiger partial charge is 0.461 e. The summed E-state index contributed by atoms with van der Waals surface area (Å²) in [5.41, 5.74) is 0.425. The summed E-state index contributed by atoms with van der Waals surface area (Å²) in [6, 6.07) is 4.76. The first kappa shape index (κ1) is 12.2. The van der Waals surface area contributed by atoms with Crippen LogP contribution in [-0.2, 0) is 0 Å². The van der Waals surface area contributed by atoms with E-state index in [1.807, 2.05) is 0 Å². The van der Waals surface area contributed by atoms with Crippen molar-refractivity contribution in [1.29, 1.82) is 0 Å². The minimum absolute atomic E-state index is 0.0525. The molecule has 0 radical (unpaired) electrons. The number of halogens is 1. The lowest BCUT2D eigenvalue weighted by molar-refractivity contribution is -0.672. The number of aromatic nitrogens is 3. The van der Waals surface area contributed by atoms with Crippen molar-refractivity contribution >= 4 is 28.6 Å². The lowest BCUT2D eigenvalue weighted by Crippen LogP contribution is -2.45. The highest BCUT2D eigenvalue weighted by atomic mass is 35.5. The Hall–Kier alpha value is -1.82. The van der Waals surface area contributed by atoms with Gasteiger partial charge in [-0.15, -0.1) is 0 Å². The first-order chi connectivity index (χ1) is 9.15. The van der Waals surface area contributed by atoms with Crippen LogP contribution in [0, 0.1) is 10.4 Å². The molecular weight excluding hydrogens is 268 g/mol. The van der Waals surface area contributed by atoms with Crippen molar-refractivity contribution in [3.8, 4) is 0 Å². The van der Waals surface area contributed by atoms with Crippen LogP contribution in [0.1, 0.15) is 25.7 Å². The molecule has 6 nitrogen and oxygen atoms in total. The molecule has 1 aromatic heterocycles. The molecule has 1 heterocycles. The molecule has 1 fully saturated rings. The fraction of sp³-hybridized carbons (Fsp3) is 0.417. The van der Waals surface area contributed by atoms with Gasteiger partial charge in [-0.2, -0.15) is 0 Å². The SMILES string of the molecule is [O-][n+]1nc(NC2CCCC2)[n+]([O-])c2ccc(Cl)cc21. The average Bonchev–Trinajstić information content (AvgIpc) is 2.88. The third-order valence-electron chi connectivity index (χ3n) is 3.43. The Morgan fingerprint density at radius 3 is 2.68 bits per heavy atom. The summed E-state index contributed by atoms with van der Waals surface area (Å²) in [5.74, 6) is 0.0525. The molecule has 0 amide bonds. The maximum atomic E-state index is 12.2. The second kappa shape index (κ2) is 4.70. The van der Waals surface area contributed by atoms with Crippen LogP contribution in [0.15, 0.2) is 18.2 Å². The van der Waals surface area contributed by atoms with E-state index in [4.69, 9.17) is 11.6 Å². The highest BCUT2D eigenvalue weighted by molar-refractivity contribution is 6.31. The molecule has 0 spiro atoms. The fourth-order valence-corrected chi connectivity index (χ4v) is 2.62. The van der Waals surface area contributed by atoms with Crippen molar-refractivity contribution in [1.82, 2.24) is 5.10 Å². The van der Waals surface area contributed by atoms with Crippen LogP contribution in [0.2, 0.25) is 5.02 Å². The lowest BCUT2D eigenvalue weighted by atomic mass is 10.2. The van der Waals surface area contributed by atoms with E-state index in [2.05, 4.69) is 10.4 Å². The maximum absolute atomic E-state index is 12.2. The van der Waals surface area contributed by atoms with Crippen molar-refractivity contribution in [2.45, 2.75) is 31.7 Å². The van der Waals surface area contributed by atoms with E-state index in [-0.39, 0.29) is 23.0 Å². The predicted molar refractivity (Wildman–Crippen MR) is 70.6 cm³/mol. The lowest BCUT2D eigenvalue weighted by Gasteiger charge is -2.12. The van der Waals surface area contributed by atoms with Crippen molar-refractivity contribution < 1.29 is 9.58 Å². The number of fused-ring (bicyclic) bond motifs is 1. The molecule has 0 atom stereocenters.